The molecule has 0 radical (unpaired) electrons. The van der Waals surface area contributed by atoms with Gasteiger partial charge in [-0.05, 0) is 36.4 Å². The number of benzene rings is 2. The van der Waals surface area contributed by atoms with Crippen molar-refractivity contribution in [1.82, 2.24) is 20.3 Å². The van der Waals surface area contributed by atoms with E-state index in [2.05, 4.69) is 30.5 Å². The number of fused-ring (bicyclic) bond motifs is 1. The van der Waals surface area contributed by atoms with Gasteiger partial charge in [0.25, 0.3) is 5.91 Å². The van der Waals surface area contributed by atoms with Crippen LogP contribution in [-0.2, 0) is 6.54 Å². The molecular weight excluding hydrogens is 413 g/mol. The van der Waals surface area contributed by atoms with Crippen molar-refractivity contribution < 1.29 is 13.7 Å². The molecular formula is C22H22FN7O2. The lowest BCUT2D eigenvalue weighted by Gasteiger charge is -2.35. The number of H-pyrrole nitrogens is 1. The van der Waals surface area contributed by atoms with Crippen LogP contribution in [0.15, 0.2) is 53.1 Å². The van der Waals surface area contributed by atoms with Gasteiger partial charge in [0.05, 0.1) is 12.1 Å². The topological polar surface area (TPSA) is 116 Å². The molecule has 9 nitrogen and oxygen atoms in total. The zero-order valence-electron chi connectivity index (χ0n) is 17.2. The second-order valence-electron chi connectivity index (χ2n) is 7.75. The number of aromatic nitrogens is 3. The summed E-state index contributed by atoms with van der Waals surface area (Å²) in [6.45, 7) is 3.69. The molecule has 164 valence electrons. The number of piperazine rings is 1. The van der Waals surface area contributed by atoms with E-state index in [9.17, 15) is 9.18 Å². The Morgan fingerprint density at radius 2 is 2.00 bits per heavy atom. The number of carbonyl (C=O) groups excluding carboxylic acids is 1. The number of rotatable bonds is 5. The minimum atomic E-state index is -0.402. The van der Waals surface area contributed by atoms with E-state index in [4.69, 9.17) is 10.3 Å². The Morgan fingerprint density at radius 1 is 1.16 bits per heavy atom. The predicted molar refractivity (Wildman–Crippen MR) is 119 cm³/mol. The van der Waals surface area contributed by atoms with Gasteiger partial charge in [0.15, 0.2) is 17.3 Å². The van der Waals surface area contributed by atoms with Crippen LogP contribution in [0.4, 0.5) is 21.6 Å². The number of nitrogen functional groups attached to an aromatic ring is 1. The number of amides is 1. The van der Waals surface area contributed by atoms with Crippen LogP contribution in [0.2, 0.25) is 0 Å². The Balaban J connectivity index is 1.18. The summed E-state index contributed by atoms with van der Waals surface area (Å²) in [5.41, 5.74) is 8.18. The first-order chi connectivity index (χ1) is 15.5. The molecule has 4 N–H and O–H groups in total. The molecule has 0 spiro atoms. The maximum Gasteiger partial charge on any atom is 0.279 e. The monoisotopic (exact) mass is 435 g/mol. The minimum absolute atomic E-state index is 0.185. The summed E-state index contributed by atoms with van der Waals surface area (Å²) in [7, 11) is 0. The van der Waals surface area contributed by atoms with Gasteiger partial charge in [0.1, 0.15) is 5.82 Å². The molecule has 1 amide bonds. The lowest BCUT2D eigenvalue weighted by atomic mass is 10.2. The molecule has 4 aromatic rings. The first-order valence-electron chi connectivity index (χ1n) is 10.3. The van der Waals surface area contributed by atoms with E-state index < -0.39 is 5.91 Å². The molecule has 2 aromatic carbocycles. The number of halogens is 1. The van der Waals surface area contributed by atoms with Crippen LogP contribution in [-0.4, -0.2) is 52.3 Å². The van der Waals surface area contributed by atoms with Crippen molar-refractivity contribution in [2.24, 2.45) is 0 Å². The van der Waals surface area contributed by atoms with E-state index in [1.165, 1.54) is 6.07 Å². The van der Waals surface area contributed by atoms with Crippen molar-refractivity contribution >= 4 is 34.0 Å². The van der Waals surface area contributed by atoms with Crippen molar-refractivity contribution in [2.75, 3.05) is 42.1 Å². The number of hydrogen-bond donors (Lipinski definition) is 3. The Hall–Kier alpha value is -3.92. The van der Waals surface area contributed by atoms with Crippen LogP contribution < -0.4 is 16.0 Å². The SMILES string of the molecule is Nc1ccc2c(NC(=O)c3cc(CN4CCN(c5cccc(F)c5)CC4)on3)n[nH]c2c1. The fourth-order valence-electron chi connectivity index (χ4n) is 3.86. The Kier molecular flexibility index (Phi) is 5.20. The third-order valence-corrected chi connectivity index (χ3v) is 5.54. The van der Waals surface area contributed by atoms with E-state index in [0.29, 0.717) is 23.8 Å². The van der Waals surface area contributed by atoms with Crippen LogP contribution in [0.25, 0.3) is 10.9 Å². The summed E-state index contributed by atoms with van der Waals surface area (Å²) in [5.74, 6) is 0.377. The average Bonchev–Trinajstić information content (AvgIpc) is 3.41. The van der Waals surface area contributed by atoms with Gasteiger partial charge in [-0.25, -0.2) is 4.39 Å². The highest BCUT2D eigenvalue weighted by molar-refractivity contribution is 6.07. The van der Waals surface area contributed by atoms with Gasteiger partial charge in [0, 0.05) is 49.0 Å². The highest BCUT2D eigenvalue weighted by Crippen LogP contribution is 2.23. The molecule has 1 fully saturated rings. The predicted octanol–water partition coefficient (Wildman–Crippen LogP) is 2.85. The summed E-state index contributed by atoms with van der Waals surface area (Å²) in [6, 6.07) is 13.6. The summed E-state index contributed by atoms with van der Waals surface area (Å²) >= 11 is 0. The number of aromatic amines is 1. The normalized spacial score (nSPS) is 14.7. The van der Waals surface area contributed by atoms with Gasteiger partial charge < -0.3 is 20.5 Å². The summed E-state index contributed by atoms with van der Waals surface area (Å²) in [5, 5.41) is 14.4. The molecule has 0 saturated carbocycles. The van der Waals surface area contributed by atoms with Crippen LogP contribution in [0.3, 0.4) is 0 Å². The van der Waals surface area contributed by atoms with Crippen molar-refractivity contribution in [3.8, 4) is 0 Å². The largest absolute Gasteiger partial charge is 0.399 e. The molecule has 0 unspecified atom stereocenters. The minimum Gasteiger partial charge on any atom is -0.399 e. The molecule has 3 heterocycles. The standard InChI is InChI=1S/C22H22FN7O2/c23-14-2-1-3-16(10-14)30-8-6-29(7-9-30)13-17-12-20(28-32-17)22(31)25-21-18-5-4-15(24)11-19(18)26-27-21/h1-5,10-12H,6-9,13,24H2,(H2,25,26,27,31). The van der Waals surface area contributed by atoms with E-state index in [1.807, 2.05) is 6.07 Å². The molecule has 1 aliphatic rings. The van der Waals surface area contributed by atoms with Gasteiger partial charge in [-0.3, -0.25) is 14.8 Å². The molecule has 0 bridgehead atoms. The highest BCUT2D eigenvalue weighted by Gasteiger charge is 2.21. The molecule has 1 aliphatic heterocycles. The number of nitrogens with one attached hydrogen (secondary N) is 2. The fraction of sp³-hybridized carbons (Fsp3) is 0.227. The first kappa shape index (κ1) is 20.0. The van der Waals surface area contributed by atoms with Crippen LogP contribution in [0.5, 0.6) is 0 Å². The molecule has 5 rings (SSSR count). The van der Waals surface area contributed by atoms with Gasteiger partial charge in [-0.1, -0.05) is 11.2 Å². The molecule has 0 atom stereocenters. The Labute approximate surface area is 183 Å². The number of nitrogens with zero attached hydrogens (tertiary/aromatic N) is 4. The first-order valence-corrected chi connectivity index (χ1v) is 10.3. The lowest BCUT2D eigenvalue weighted by molar-refractivity contribution is 0.101. The highest BCUT2D eigenvalue weighted by atomic mass is 19.1. The van der Waals surface area contributed by atoms with Crippen molar-refractivity contribution in [3.63, 3.8) is 0 Å². The quantitative estimate of drug-likeness (QED) is 0.413. The molecule has 2 aromatic heterocycles. The van der Waals surface area contributed by atoms with E-state index >= 15 is 0 Å². The zero-order valence-corrected chi connectivity index (χ0v) is 17.2. The van der Waals surface area contributed by atoms with Gasteiger partial charge in [-0.2, -0.15) is 5.10 Å². The third-order valence-electron chi connectivity index (χ3n) is 5.54. The zero-order chi connectivity index (χ0) is 22.1. The molecule has 0 aliphatic carbocycles. The van der Waals surface area contributed by atoms with Crippen molar-refractivity contribution in [3.05, 3.63) is 65.8 Å². The van der Waals surface area contributed by atoms with E-state index in [-0.39, 0.29) is 11.5 Å². The maximum absolute atomic E-state index is 13.5. The van der Waals surface area contributed by atoms with E-state index in [0.717, 1.165) is 42.8 Å². The van der Waals surface area contributed by atoms with Crippen LogP contribution in [0.1, 0.15) is 16.2 Å². The number of nitrogens with two attached hydrogens (primary N) is 1. The average molecular weight is 435 g/mol. The van der Waals surface area contributed by atoms with Gasteiger partial charge in [0.2, 0.25) is 0 Å². The lowest BCUT2D eigenvalue weighted by Crippen LogP contribution is -2.45. The second-order valence-corrected chi connectivity index (χ2v) is 7.75. The van der Waals surface area contributed by atoms with Crippen molar-refractivity contribution in [2.45, 2.75) is 6.54 Å². The molecule has 1 saturated heterocycles. The molecule has 10 heteroatoms. The Morgan fingerprint density at radius 3 is 2.81 bits per heavy atom. The van der Waals surface area contributed by atoms with Gasteiger partial charge in [-0.15, -0.1) is 0 Å². The fourth-order valence-corrected chi connectivity index (χ4v) is 3.86. The number of carbonyl (C=O) groups is 1. The second kappa shape index (κ2) is 8.31. The third kappa shape index (κ3) is 4.12. The summed E-state index contributed by atoms with van der Waals surface area (Å²) in [6.07, 6.45) is 0. The summed E-state index contributed by atoms with van der Waals surface area (Å²) < 4.78 is 18.8. The number of hydrogen-bond acceptors (Lipinski definition) is 7. The van der Waals surface area contributed by atoms with Crippen LogP contribution >= 0.6 is 0 Å². The molecule has 32 heavy (non-hydrogen) atoms. The van der Waals surface area contributed by atoms with Gasteiger partial charge >= 0.3 is 0 Å². The summed E-state index contributed by atoms with van der Waals surface area (Å²) in [4.78, 5) is 17.0. The van der Waals surface area contributed by atoms with E-state index in [1.54, 1.807) is 36.4 Å². The smallest absolute Gasteiger partial charge is 0.279 e. The number of anilines is 3. The Bertz CT molecular complexity index is 1260. The van der Waals surface area contributed by atoms with Crippen molar-refractivity contribution in [1.29, 1.82) is 0 Å². The van der Waals surface area contributed by atoms with Crippen LogP contribution in [0, 0.1) is 5.82 Å². The maximum atomic E-state index is 13.5.